The molecule has 0 aliphatic carbocycles. The van der Waals surface area contributed by atoms with Crippen LogP contribution < -0.4 is 10.1 Å². The van der Waals surface area contributed by atoms with E-state index in [-0.39, 0.29) is 5.91 Å². The van der Waals surface area contributed by atoms with Gasteiger partial charge in [-0.1, -0.05) is 37.3 Å². The minimum absolute atomic E-state index is 0.262. The third-order valence-electron chi connectivity index (χ3n) is 4.54. The van der Waals surface area contributed by atoms with Crippen molar-refractivity contribution in [3.63, 3.8) is 0 Å². The Bertz CT molecular complexity index is 992. The van der Waals surface area contributed by atoms with Crippen molar-refractivity contribution in [1.29, 1.82) is 0 Å². The van der Waals surface area contributed by atoms with Crippen LogP contribution in [-0.4, -0.2) is 24.5 Å². The van der Waals surface area contributed by atoms with E-state index < -0.39 is 11.7 Å². The first-order valence-electron chi connectivity index (χ1n) is 9.17. The zero-order valence-electron chi connectivity index (χ0n) is 16.1. The van der Waals surface area contributed by atoms with Crippen molar-refractivity contribution in [2.75, 3.05) is 13.7 Å². The molecule has 2 aromatic carbocycles. The lowest BCUT2D eigenvalue weighted by Gasteiger charge is -2.13. The van der Waals surface area contributed by atoms with Gasteiger partial charge >= 0.3 is 6.18 Å². The average molecular weight is 402 g/mol. The van der Waals surface area contributed by atoms with Crippen LogP contribution in [0.4, 0.5) is 13.2 Å². The number of alkyl halides is 3. The molecule has 4 nitrogen and oxygen atoms in total. The number of para-hydroxylation sites is 1. The highest BCUT2D eigenvalue weighted by atomic mass is 19.4. The molecule has 0 fully saturated rings. The average Bonchev–Trinajstić information content (AvgIpc) is 3.16. The summed E-state index contributed by atoms with van der Waals surface area (Å²) in [5.74, 6) is 0.298. The normalized spacial score (nSPS) is 11.3. The zero-order chi connectivity index (χ0) is 21.0. The summed E-state index contributed by atoms with van der Waals surface area (Å²) in [6.07, 6.45) is -2.06. The fraction of sp³-hybridized carbons (Fsp3) is 0.227. The Kier molecular flexibility index (Phi) is 5.96. The van der Waals surface area contributed by atoms with Crippen LogP contribution in [-0.2, 0) is 6.18 Å². The van der Waals surface area contributed by atoms with Crippen LogP contribution in [0.1, 0.15) is 29.3 Å². The standard InChI is InChI=1S/C22H21F3N2O2/c1-3-12-26-21(28)17-13-27-20(14-8-10-15(11-9-14)22(23,24)25)19(17)16-6-4-5-7-18(16)29-2/h4-11,13,27H,3,12H2,1-2H3,(H,26,28). The first kappa shape index (κ1) is 20.5. The number of H-pyrrole nitrogens is 1. The smallest absolute Gasteiger partial charge is 0.416 e. The maximum Gasteiger partial charge on any atom is 0.416 e. The molecule has 1 heterocycles. The summed E-state index contributed by atoms with van der Waals surface area (Å²) in [5, 5.41) is 2.84. The second-order valence-electron chi connectivity index (χ2n) is 6.48. The molecule has 3 aromatic rings. The number of benzene rings is 2. The van der Waals surface area contributed by atoms with E-state index >= 15 is 0 Å². The lowest BCUT2D eigenvalue weighted by atomic mass is 9.96. The molecule has 0 aliphatic heterocycles. The summed E-state index contributed by atoms with van der Waals surface area (Å²) >= 11 is 0. The molecule has 0 spiro atoms. The molecular weight excluding hydrogens is 381 g/mol. The van der Waals surface area contributed by atoms with Gasteiger partial charge in [-0.25, -0.2) is 0 Å². The summed E-state index contributed by atoms with van der Waals surface area (Å²) in [4.78, 5) is 15.8. The fourth-order valence-electron chi connectivity index (χ4n) is 3.12. The molecule has 0 unspecified atom stereocenters. The van der Waals surface area contributed by atoms with Crippen LogP contribution in [0.2, 0.25) is 0 Å². The maximum atomic E-state index is 12.9. The van der Waals surface area contributed by atoms with Gasteiger partial charge in [-0.2, -0.15) is 13.2 Å². The van der Waals surface area contributed by atoms with Crippen molar-refractivity contribution < 1.29 is 22.7 Å². The number of halogens is 3. The van der Waals surface area contributed by atoms with Gasteiger partial charge in [0.25, 0.3) is 5.91 Å². The van der Waals surface area contributed by atoms with E-state index in [0.29, 0.717) is 40.2 Å². The summed E-state index contributed by atoms with van der Waals surface area (Å²) in [6, 6.07) is 12.0. The van der Waals surface area contributed by atoms with Crippen molar-refractivity contribution in [3.8, 4) is 28.1 Å². The topological polar surface area (TPSA) is 54.1 Å². The summed E-state index contributed by atoms with van der Waals surface area (Å²) in [6.45, 7) is 2.47. The maximum absolute atomic E-state index is 12.9. The van der Waals surface area contributed by atoms with Gasteiger partial charge < -0.3 is 15.0 Å². The Morgan fingerprint density at radius 3 is 2.41 bits per heavy atom. The molecule has 0 saturated heterocycles. The van der Waals surface area contributed by atoms with Crippen molar-refractivity contribution in [2.24, 2.45) is 0 Å². The number of nitrogens with one attached hydrogen (secondary N) is 2. The number of rotatable bonds is 6. The van der Waals surface area contributed by atoms with Crippen LogP contribution >= 0.6 is 0 Å². The Morgan fingerprint density at radius 1 is 1.10 bits per heavy atom. The highest BCUT2D eigenvalue weighted by Crippen LogP contribution is 2.40. The second kappa shape index (κ2) is 8.43. The van der Waals surface area contributed by atoms with Gasteiger partial charge in [-0.05, 0) is 30.2 Å². The van der Waals surface area contributed by atoms with Crippen molar-refractivity contribution >= 4 is 5.91 Å². The van der Waals surface area contributed by atoms with Crippen molar-refractivity contribution in [2.45, 2.75) is 19.5 Å². The van der Waals surface area contributed by atoms with Gasteiger partial charge in [0.1, 0.15) is 5.75 Å². The van der Waals surface area contributed by atoms with Crippen LogP contribution in [0.3, 0.4) is 0 Å². The SMILES string of the molecule is CCCNC(=O)c1c[nH]c(-c2ccc(C(F)(F)F)cc2)c1-c1ccccc1OC. The van der Waals surface area contributed by atoms with Crippen LogP contribution in [0.25, 0.3) is 22.4 Å². The van der Waals surface area contributed by atoms with Crippen molar-refractivity contribution in [3.05, 3.63) is 65.9 Å². The van der Waals surface area contributed by atoms with Crippen LogP contribution in [0.5, 0.6) is 5.75 Å². The zero-order valence-corrected chi connectivity index (χ0v) is 16.1. The van der Waals surface area contributed by atoms with E-state index in [0.717, 1.165) is 18.6 Å². The number of aromatic amines is 1. The number of methoxy groups -OCH3 is 1. The van der Waals surface area contributed by atoms with Crippen molar-refractivity contribution in [1.82, 2.24) is 10.3 Å². The number of hydrogen-bond acceptors (Lipinski definition) is 2. The summed E-state index contributed by atoms with van der Waals surface area (Å²) in [5.41, 5.74) is 2.01. The monoisotopic (exact) mass is 402 g/mol. The molecule has 0 aliphatic rings. The van der Waals surface area contributed by atoms with Gasteiger partial charge in [-0.3, -0.25) is 4.79 Å². The molecule has 1 aromatic heterocycles. The highest BCUT2D eigenvalue weighted by molar-refractivity contribution is 6.05. The van der Waals surface area contributed by atoms with Gasteiger partial charge in [-0.15, -0.1) is 0 Å². The fourth-order valence-corrected chi connectivity index (χ4v) is 3.12. The van der Waals surface area contributed by atoms with Gasteiger partial charge in [0.2, 0.25) is 0 Å². The Labute approximate surface area is 166 Å². The Balaban J connectivity index is 2.15. The van der Waals surface area contributed by atoms with Crippen LogP contribution in [0.15, 0.2) is 54.7 Å². The molecule has 2 N–H and O–H groups in total. The van der Waals surface area contributed by atoms with Gasteiger partial charge in [0.05, 0.1) is 23.9 Å². The third kappa shape index (κ3) is 4.29. The van der Waals surface area contributed by atoms with Crippen LogP contribution in [0, 0.1) is 0 Å². The number of hydrogen-bond donors (Lipinski definition) is 2. The van der Waals surface area contributed by atoms with E-state index in [1.807, 2.05) is 25.1 Å². The lowest BCUT2D eigenvalue weighted by molar-refractivity contribution is -0.137. The van der Waals surface area contributed by atoms with E-state index in [4.69, 9.17) is 4.74 Å². The first-order chi connectivity index (χ1) is 13.9. The lowest BCUT2D eigenvalue weighted by Crippen LogP contribution is -2.24. The summed E-state index contributed by atoms with van der Waals surface area (Å²) in [7, 11) is 1.53. The highest BCUT2D eigenvalue weighted by Gasteiger charge is 2.30. The molecule has 3 rings (SSSR count). The molecule has 152 valence electrons. The number of carbonyl (C=O) groups excluding carboxylic acids is 1. The molecule has 0 radical (unpaired) electrons. The minimum atomic E-state index is -4.41. The molecule has 0 atom stereocenters. The predicted molar refractivity (Wildman–Crippen MR) is 106 cm³/mol. The third-order valence-corrected chi connectivity index (χ3v) is 4.54. The number of amides is 1. The summed E-state index contributed by atoms with van der Waals surface area (Å²) < 4.78 is 44.2. The Morgan fingerprint density at radius 2 is 1.79 bits per heavy atom. The molecule has 1 amide bonds. The minimum Gasteiger partial charge on any atom is -0.496 e. The largest absolute Gasteiger partial charge is 0.496 e. The number of carbonyl (C=O) groups is 1. The first-order valence-corrected chi connectivity index (χ1v) is 9.17. The molecular formula is C22H21F3N2O2. The second-order valence-corrected chi connectivity index (χ2v) is 6.48. The Hall–Kier alpha value is -3.22. The number of aromatic nitrogens is 1. The van der Waals surface area contributed by atoms with E-state index in [1.54, 1.807) is 12.3 Å². The van der Waals surface area contributed by atoms with E-state index in [2.05, 4.69) is 10.3 Å². The van der Waals surface area contributed by atoms with E-state index in [9.17, 15) is 18.0 Å². The van der Waals surface area contributed by atoms with E-state index in [1.165, 1.54) is 19.2 Å². The molecule has 0 saturated carbocycles. The van der Waals surface area contributed by atoms with Gasteiger partial charge in [0, 0.05) is 23.9 Å². The predicted octanol–water partition coefficient (Wildman–Crippen LogP) is 5.52. The quantitative estimate of drug-likeness (QED) is 0.571. The van der Waals surface area contributed by atoms with Gasteiger partial charge in [0.15, 0.2) is 0 Å². The molecule has 0 bridgehead atoms. The molecule has 7 heteroatoms. The number of ether oxygens (including phenoxy) is 1. The molecule has 29 heavy (non-hydrogen) atoms.